The first kappa shape index (κ1) is 46.1. The van der Waals surface area contributed by atoms with E-state index in [1.807, 2.05) is 87.5 Å². The van der Waals surface area contributed by atoms with E-state index in [4.69, 9.17) is 37.9 Å². The second-order valence-corrected chi connectivity index (χ2v) is 15.7. The van der Waals surface area contributed by atoms with Gasteiger partial charge >= 0.3 is 12.2 Å². The molecule has 6 N–H and O–H groups in total. The average Bonchev–Trinajstić information content (AvgIpc) is 3.56. The van der Waals surface area contributed by atoms with Crippen molar-refractivity contribution < 1.29 is 67.6 Å². The van der Waals surface area contributed by atoms with Crippen LogP contribution >= 0.6 is 0 Å². The number of aliphatic hydroxyl groups is 3. The maximum atomic E-state index is 13.0. The Labute approximate surface area is 355 Å². The minimum atomic E-state index is -1.55. The Hall–Kier alpha value is -4.43. The van der Waals surface area contributed by atoms with Gasteiger partial charge in [-0.1, -0.05) is 106 Å². The Morgan fingerprint density at radius 1 is 0.656 bits per heavy atom. The van der Waals surface area contributed by atoms with Crippen molar-refractivity contribution in [3.05, 3.63) is 96.1 Å². The lowest BCUT2D eigenvalue weighted by Gasteiger charge is -2.46. The topological polar surface area (TPSA) is 222 Å². The van der Waals surface area contributed by atoms with E-state index >= 15 is 0 Å². The van der Waals surface area contributed by atoms with Crippen molar-refractivity contribution in [2.45, 2.75) is 146 Å². The monoisotopic (exact) mass is 853 g/mol. The number of hydrogen-bond donors (Lipinski definition) is 6. The molecule has 6 rings (SSSR count). The third-order valence-corrected chi connectivity index (χ3v) is 11.1. The molecule has 2 fully saturated rings. The number of carbonyl (C=O) groups is 3. The number of ether oxygens (including phenoxy) is 8. The van der Waals surface area contributed by atoms with Gasteiger partial charge in [0, 0.05) is 6.92 Å². The molecular weight excluding hydrogens is 794 g/mol. The summed E-state index contributed by atoms with van der Waals surface area (Å²) < 4.78 is 48.7. The Morgan fingerprint density at radius 3 is 1.62 bits per heavy atom. The highest BCUT2D eigenvalue weighted by atomic mass is 16.8. The van der Waals surface area contributed by atoms with Gasteiger partial charge in [0.15, 0.2) is 18.9 Å². The lowest BCUT2D eigenvalue weighted by atomic mass is 9.80. The van der Waals surface area contributed by atoms with Crippen LogP contribution in [0.25, 0.3) is 0 Å². The molecule has 0 spiro atoms. The minimum absolute atomic E-state index is 0.0359. The number of carbonyl (C=O) groups excluding carboxylic acids is 3. The zero-order valence-corrected chi connectivity index (χ0v) is 34.8. The van der Waals surface area contributed by atoms with E-state index < -0.39 is 92.4 Å². The first-order valence-electron chi connectivity index (χ1n) is 20.9. The van der Waals surface area contributed by atoms with E-state index in [1.54, 1.807) is 18.2 Å². The average molecular weight is 854 g/mol. The molecule has 0 aromatic heterocycles. The SMILES string of the molecule is CC[C@H]1C=C[C@@H](NC(=O)OCc2ccccc2)[C@@H](O[C@H]2[C@@H](O)[C@H](O[C@@H]3[C@@H](O)[C@H](NC(C)=O)C[C@H](C)[C@H]3O[C@H]3O[C@H](CC)C=C[C@H]3NC(=O)OCc3ccccc3)O[C@@H]2CO)O1. The Morgan fingerprint density at radius 2 is 1.15 bits per heavy atom. The van der Waals surface area contributed by atoms with Gasteiger partial charge in [0.25, 0.3) is 0 Å². The van der Waals surface area contributed by atoms with Gasteiger partial charge in [-0.2, -0.15) is 0 Å². The minimum Gasteiger partial charge on any atom is -0.445 e. The molecule has 1 saturated heterocycles. The van der Waals surface area contributed by atoms with Gasteiger partial charge in [-0.3, -0.25) is 4.79 Å². The van der Waals surface area contributed by atoms with Crippen molar-refractivity contribution >= 4 is 18.1 Å². The lowest BCUT2D eigenvalue weighted by molar-refractivity contribution is -0.287. The quantitative estimate of drug-likeness (QED) is 0.134. The number of amides is 3. The predicted molar refractivity (Wildman–Crippen MR) is 217 cm³/mol. The Balaban J connectivity index is 1.16. The largest absolute Gasteiger partial charge is 0.445 e. The summed E-state index contributed by atoms with van der Waals surface area (Å²) in [6, 6.07) is 16.0. The molecule has 15 atom stereocenters. The number of aliphatic hydroxyl groups excluding tert-OH is 3. The van der Waals surface area contributed by atoms with Gasteiger partial charge in [-0.25, -0.2) is 9.59 Å². The van der Waals surface area contributed by atoms with E-state index in [-0.39, 0.29) is 43.7 Å². The van der Waals surface area contributed by atoms with Crippen molar-refractivity contribution in [3.63, 3.8) is 0 Å². The molecule has 334 valence electrons. The normalized spacial score (nSPS) is 34.6. The molecule has 0 unspecified atom stereocenters. The van der Waals surface area contributed by atoms with Crippen molar-refractivity contribution in [1.82, 2.24) is 16.0 Å². The smallest absolute Gasteiger partial charge is 0.408 e. The highest BCUT2D eigenvalue weighted by molar-refractivity contribution is 5.73. The van der Waals surface area contributed by atoms with Crippen LogP contribution in [0.1, 0.15) is 58.1 Å². The van der Waals surface area contributed by atoms with Crippen LogP contribution in [-0.4, -0.2) is 126 Å². The molecule has 0 bridgehead atoms. The van der Waals surface area contributed by atoms with Gasteiger partial charge in [0.05, 0.1) is 31.0 Å². The Kier molecular flexibility index (Phi) is 16.7. The molecule has 17 heteroatoms. The van der Waals surface area contributed by atoms with Gasteiger partial charge in [0.2, 0.25) is 5.91 Å². The van der Waals surface area contributed by atoms with Gasteiger partial charge in [0.1, 0.15) is 55.8 Å². The standard InChI is InChI=1S/C44H59N3O14/c1-5-29-17-19-31(46-43(52)54-23-27-13-9-7-10-14-27)40(56-29)59-37-25(3)21-33(45-26(4)49)35(50)39(37)61-42-36(51)38(34(22-48)58-42)60-41-32(20-18-30(6-2)57-41)47-44(53)55-24-28-15-11-8-12-16-28/h7-20,25,29-42,48,50-51H,5-6,21-24H2,1-4H3,(H,45,49)(H,46,52)(H,47,53)/t25-,29+,30-,31+,32+,33+,34+,35-,36+,37+,38+,39+,40+,41+,42-/m0/s1. The summed E-state index contributed by atoms with van der Waals surface area (Å²) in [7, 11) is 0. The molecule has 61 heavy (non-hydrogen) atoms. The van der Waals surface area contributed by atoms with Gasteiger partial charge < -0.3 is 69.2 Å². The molecule has 3 heterocycles. The van der Waals surface area contributed by atoms with Crippen molar-refractivity contribution in [3.8, 4) is 0 Å². The fourth-order valence-corrected chi connectivity index (χ4v) is 7.80. The number of alkyl carbamates (subject to hydrolysis) is 2. The molecule has 3 aliphatic heterocycles. The fraction of sp³-hybridized carbons (Fsp3) is 0.568. The van der Waals surface area contributed by atoms with Crippen LogP contribution in [0, 0.1) is 5.92 Å². The van der Waals surface area contributed by atoms with E-state index in [2.05, 4.69) is 16.0 Å². The van der Waals surface area contributed by atoms with Crippen molar-refractivity contribution in [1.29, 1.82) is 0 Å². The van der Waals surface area contributed by atoms with Crippen molar-refractivity contribution in [2.24, 2.45) is 5.92 Å². The predicted octanol–water partition coefficient (Wildman–Crippen LogP) is 3.10. The highest BCUT2D eigenvalue weighted by Gasteiger charge is 2.53. The van der Waals surface area contributed by atoms with Crippen LogP contribution < -0.4 is 16.0 Å². The highest BCUT2D eigenvalue weighted by Crippen LogP contribution is 2.36. The molecule has 2 aromatic carbocycles. The summed E-state index contributed by atoms with van der Waals surface area (Å²) in [6.07, 6.45) is -4.72. The third-order valence-electron chi connectivity index (χ3n) is 11.1. The summed E-state index contributed by atoms with van der Waals surface area (Å²) in [4.78, 5) is 38.1. The maximum absolute atomic E-state index is 13.0. The number of rotatable bonds is 16. The van der Waals surface area contributed by atoms with Crippen LogP contribution in [0.2, 0.25) is 0 Å². The van der Waals surface area contributed by atoms with Gasteiger partial charge in [-0.05, 0) is 36.3 Å². The molecule has 1 saturated carbocycles. The summed E-state index contributed by atoms with van der Waals surface area (Å²) in [6.45, 7) is 6.54. The molecular formula is C44H59N3O14. The van der Waals surface area contributed by atoms with Crippen LogP contribution in [-0.2, 0) is 55.9 Å². The van der Waals surface area contributed by atoms with Crippen LogP contribution in [0.4, 0.5) is 9.59 Å². The lowest BCUT2D eigenvalue weighted by Crippen LogP contribution is -2.62. The second-order valence-electron chi connectivity index (χ2n) is 15.7. The molecule has 2 aromatic rings. The van der Waals surface area contributed by atoms with Gasteiger partial charge in [-0.15, -0.1) is 0 Å². The fourth-order valence-electron chi connectivity index (χ4n) is 7.80. The van der Waals surface area contributed by atoms with E-state index in [0.29, 0.717) is 12.8 Å². The van der Waals surface area contributed by atoms with Crippen LogP contribution in [0.3, 0.4) is 0 Å². The third kappa shape index (κ3) is 12.4. The van der Waals surface area contributed by atoms with E-state index in [9.17, 15) is 29.7 Å². The number of benzene rings is 2. The summed E-state index contributed by atoms with van der Waals surface area (Å²) in [5, 5.41) is 42.4. The maximum Gasteiger partial charge on any atom is 0.408 e. The molecule has 1 aliphatic carbocycles. The first-order valence-corrected chi connectivity index (χ1v) is 20.9. The molecule has 17 nitrogen and oxygen atoms in total. The van der Waals surface area contributed by atoms with E-state index in [1.165, 1.54) is 6.92 Å². The van der Waals surface area contributed by atoms with E-state index in [0.717, 1.165) is 11.1 Å². The Bertz CT molecular complexity index is 1770. The zero-order chi connectivity index (χ0) is 43.5. The van der Waals surface area contributed by atoms with Crippen molar-refractivity contribution in [2.75, 3.05) is 6.61 Å². The first-order chi connectivity index (χ1) is 29.5. The molecule has 3 amide bonds. The summed E-state index contributed by atoms with van der Waals surface area (Å²) in [5.74, 6) is -0.754. The second kappa shape index (κ2) is 22.1. The van der Waals surface area contributed by atoms with Crippen LogP contribution in [0.15, 0.2) is 85.0 Å². The molecule has 4 aliphatic rings. The summed E-state index contributed by atoms with van der Waals surface area (Å²) in [5.41, 5.74) is 1.61. The number of nitrogens with one attached hydrogen (secondary N) is 3. The number of hydrogen-bond acceptors (Lipinski definition) is 14. The molecule has 0 radical (unpaired) electrons. The van der Waals surface area contributed by atoms with Crippen LogP contribution in [0.5, 0.6) is 0 Å². The summed E-state index contributed by atoms with van der Waals surface area (Å²) >= 11 is 0. The zero-order valence-electron chi connectivity index (χ0n) is 34.8.